The number of anilines is 1. The minimum atomic E-state index is 0.407. The summed E-state index contributed by atoms with van der Waals surface area (Å²) in [6, 6.07) is 13.2. The quantitative estimate of drug-likeness (QED) is 0.764. The molecular formula is C14H16N2. The summed E-state index contributed by atoms with van der Waals surface area (Å²) in [7, 11) is 0. The van der Waals surface area contributed by atoms with Gasteiger partial charge in [0.1, 0.15) is 0 Å². The number of rotatable bonds is 1. The number of hydrogen-bond donors (Lipinski definition) is 1. The number of benzene rings is 1. The molecule has 2 nitrogen and oxygen atoms in total. The Morgan fingerprint density at radius 3 is 2.75 bits per heavy atom. The molecule has 1 aromatic carbocycles. The van der Waals surface area contributed by atoms with Crippen LogP contribution in [-0.4, -0.2) is 4.57 Å². The summed E-state index contributed by atoms with van der Waals surface area (Å²) in [5, 5.41) is 3.62. The molecule has 0 amide bonds. The molecule has 2 heteroatoms. The number of aromatic nitrogens is 1. The van der Waals surface area contributed by atoms with Crippen molar-refractivity contribution in [2.75, 3.05) is 5.32 Å². The van der Waals surface area contributed by atoms with Gasteiger partial charge in [-0.1, -0.05) is 26.0 Å². The van der Waals surface area contributed by atoms with E-state index in [1.165, 1.54) is 17.1 Å². The third-order valence-corrected chi connectivity index (χ3v) is 3.24. The van der Waals surface area contributed by atoms with Crippen molar-refractivity contribution in [1.82, 2.24) is 4.57 Å². The van der Waals surface area contributed by atoms with Gasteiger partial charge in [-0.15, -0.1) is 0 Å². The Morgan fingerprint density at radius 1 is 1.12 bits per heavy atom. The molecule has 1 aliphatic heterocycles. The maximum absolute atomic E-state index is 3.62. The standard InChI is InChI=1S/C14H16N2/c1-10(2)14-13-8-5-9-16(13)12-7-4-3-6-11(12)15-14/h3-10,14-15H,1-2H3. The molecule has 1 aromatic heterocycles. The first kappa shape index (κ1) is 9.52. The summed E-state index contributed by atoms with van der Waals surface area (Å²) in [5.74, 6) is 0.585. The SMILES string of the molecule is CC(C)C1Nc2ccccc2-n2cccc21. The summed E-state index contributed by atoms with van der Waals surface area (Å²) in [6.07, 6.45) is 2.14. The molecule has 0 saturated heterocycles. The molecule has 0 fully saturated rings. The molecular weight excluding hydrogens is 196 g/mol. The van der Waals surface area contributed by atoms with E-state index in [2.05, 4.69) is 66.3 Å². The Labute approximate surface area is 95.9 Å². The maximum Gasteiger partial charge on any atom is 0.0692 e. The van der Waals surface area contributed by atoms with Crippen LogP contribution in [0, 0.1) is 5.92 Å². The number of fused-ring (bicyclic) bond motifs is 3. The first-order valence-electron chi connectivity index (χ1n) is 5.80. The maximum atomic E-state index is 3.62. The number of para-hydroxylation sites is 2. The molecule has 2 aromatic rings. The molecule has 16 heavy (non-hydrogen) atoms. The Kier molecular flexibility index (Phi) is 2.03. The van der Waals surface area contributed by atoms with E-state index in [-0.39, 0.29) is 0 Å². The fraction of sp³-hybridized carbons (Fsp3) is 0.286. The summed E-state index contributed by atoms with van der Waals surface area (Å²) < 4.78 is 2.29. The zero-order chi connectivity index (χ0) is 11.1. The van der Waals surface area contributed by atoms with Gasteiger partial charge in [-0.25, -0.2) is 0 Å². The highest BCUT2D eigenvalue weighted by atomic mass is 15.1. The fourth-order valence-electron chi connectivity index (χ4n) is 2.42. The third-order valence-electron chi connectivity index (χ3n) is 3.24. The van der Waals surface area contributed by atoms with Crippen molar-refractivity contribution >= 4 is 5.69 Å². The van der Waals surface area contributed by atoms with Crippen LogP contribution in [0.3, 0.4) is 0 Å². The van der Waals surface area contributed by atoms with Gasteiger partial charge >= 0.3 is 0 Å². The van der Waals surface area contributed by atoms with E-state index < -0.39 is 0 Å². The van der Waals surface area contributed by atoms with Crippen LogP contribution in [-0.2, 0) is 0 Å². The number of hydrogen-bond acceptors (Lipinski definition) is 1. The molecule has 1 unspecified atom stereocenters. The third kappa shape index (κ3) is 1.26. The van der Waals surface area contributed by atoms with Crippen LogP contribution in [0.4, 0.5) is 5.69 Å². The minimum absolute atomic E-state index is 0.407. The largest absolute Gasteiger partial charge is 0.375 e. The van der Waals surface area contributed by atoms with Gasteiger partial charge in [0.25, 0.3) is 0 Å². The lowest BCUT2D eigenvalue weighted by Gasteiger charge is -2.31. The van der Waals surface area contributed by atoms with E-state index in [9.17, 15) is 0 Å². The zero-order valence-corrected chi connectivity index (χ0v) is 9.64. The van der Waals surface area contributed by atoms with Gasteiger partial charge in [0, 0.05) is 11.9 Å². The number of nitrogens with zero attached hydrogens (tertiary/aromatic N) is 1. The van der Waals surface area contributed by atoms with Crippen molar-refractivity contribution < 1.29 is 0 Å². The van der Waals surface area contributed by atoms with Gasteiger partial charge in [-0.3, -0.25) is 0 Å². The van der Waals surface area contributed by atoms with E-state index in [1.807, 2.05) is 0 Å². The van der Waals surface area contributed by atoms with Crippen LogP contribution in [0.2, 0.25) is 0 Å². The molecule has 3 rings (SSSR count). The molecule has 1 atom stereocenters. The predicted octanol–water partition coefficient (Wildman–Crippen LogP) is 3.60. The first-order valence-corrected chi connectivity index (χ1v) is 5.80. The van der Waals surface area contributed by atoms with Crippen LogP contribution in [0.15, 0.2) is 42.6 Å². The number of nitrogens with one attached hydrogen (secondary N) is 1. The average Bonchev–Trinajstić information content (AvgIpc) is 2.76. The molecule has 0 aliphatic carbocycles. The summed E-state index contributed by atoms with van der Waals surface area (Å²) in [5.41, 5.74) is 3.83. The highest BCUT2D eigenvalue weighted by Gasteiger charge is 2.25. The second kappa shape index (κ2) is 3.41. The molecule has 0 radical (unpaired) electrons. The van der Waals surface area contributed by atoms with Crippen molar-refractivity contribution in [3.63, 3.8) is 0 Å². The minimum Gasteiger partial charge on any atom is -0.375 e. The summed E-state index contributed by atoms with van der Waals surface area (Å²) in [4.78, 5) is 0. The van der Waals surface area contributed by atoms with Gasteiger partial charge in [0.15, 0.2) is 0 Å². The van der Waals surface area contributed by atoms with E-state index in [4.69, 9.17) is 0 Å². The van der Waals surface area contributed by atoms with Crippen LogP contribution in [0.1, 0.15) is 25.6 Å². The molecule has 82 valence electrons. The van der Waals surface area contributed by atoms with Crippen molar-refractivity contribution in [2.45, 2.75) is 19.9 Å². The van der Waals surface area contributed by atoms with Crippen molar-refractivity contribution in [3.8, 4) is 5.69 Å². The van der Waals surface area contributed by atoms with Crippen molar-refractivity contribution in [3.05, 3.63) is 48.3 Å². The average molecular weight is 212 g/mol. The van der Waals surface area contributed by atoms with E-state index in [0.29, 0.717) is 12.0 Å². The first-order chi connectivity index (χ1) is 7.77. The van der Waals surface area contributed by atoms with Crippen molar-refractivity contribution in [1.29, 1.82) is 0 Å². The topological polar surface area (TPSA) is 17.0 Å². The van der Waals surface area contributed by atoms with E-state index in [0.717, 1.165) is 0 Å². The van der Waals surface area contributed by atoms with Gasteiger partial charge in [0.05, 0.1) is 17.4 Å². The molecule has 1 aliphatic rings. The fourth-order valence-corrected chi connectivity index (χ4v) is 2.42. The Bertz CT molecular complexity index is 511. The second-order valence-electron chi connectivity index (χ2n) is 4.69. The monoisotopic (exact) mass is 212 g/mol. The lowest BCUT2D eigenvalue weighted by Crippen LogP contribution is -2.24. The highest BCUT2D eigenvalue weighted by molar-refractivity contribution is 5.65. The van der Waals surface area contributed by atoms with Gasteiger partial charge in [-0.05, 0) is 30.2 Å². The Morgan fingerprint density at radius 2 is 1.94 bits per heavy atom. The van der Waals surface area contributed by atoms with Gasteiger partial charge < -0.3 is 9.88 Å². The molecule has 2 heterocycles. The zero-order valence-electron chi connectivity index (χ0n) is 9.64. The highest BCUT2D eigenvalue weighted by Crippen LogP contribution is 2.36. The second-order valence-corrected chi connectivity index (χ2v) is 4.69. The van der Waals surface area contributed by atoms with Crippen LogP contribution in [0.25, 0.3) is 5.69 Å². The molecule has 0 bridgehead atoms. The molecule has 0 saturated carbocycles. The summed E-state index contributed by atoms with van der Waals surface area (Å²) in [6.45, 7) is 4.51. The van der Waals surface area contributed by atoms with Crippen LogP contribution >= 0.6 is 0 Å². The summed E-state index contributed by atoms with van der Waals surface area (Å²) >= 11 is 0. The van der Waals surface area contributed by atoms with Crippen molar-refractivity contribution in [2.24, 2.45) is 5.92 Å². The smallest absolute Gasteiger partial charge is 0.0692 e. The van der Waals surface area contributed by atoms with Crippen LogP contribution in [0.5, 0.6) is 0 Å². The lowest BCUT2D eigenvalue weighted by molar-refractivity contribution is 0.520. The van der Waals surface area contributed by atoms with Crippen LogP contribution < -0.4 is 5.32 Å². The molecule has 1 N–H and O–H groups in total. The van der Waals surface area contributed by atoms with E-state index in [1.54, 1.807) is 0 Å². The van der Waals surface area contributed by atoms with Gasteiger partial charge in [0.2, 0.25) is 0 Å². The normalized spacial score (nSPS) is 17.8. The predicted molar refractivity (Wildman–Crippen MR) is 67.0 cm³/mol. The lowest BCUT2D eigenvalue weighted by atomic mass is 9.98. The van der Waals surface area contributed by atoms with E-state index >= 15 is 0 Å². The Hall–Kier alpha value is -1.70. The molecule has 0 spiro atoms. The Balaban J connectivity index is 2.19. The van der Waals surface area contributed by atoms with Gasteiger partial charge in [-0.2, -0.15) is 0 Å².